The fraction of sp³-hybridized carbons (Fsp3) is 0.650. The molecule has 3 nitrogen and oxygen atoms in total. The van der Waals surface area contributed by atoms with Crippen molar-refractivity contribution in [1.29, 1.82) is 0 Å². The number of carboxylic acid groups (broad SMARTS) is 1. The molecule has 0 bridgehead atoms. The summed E-state index contributed by atoms with van der Waals surface area (Å²) in [6.07, 6.45) is 9.21. The first kappa shape index (κ1) is 16.5. The zero-order valence-corrected chi connectivity index (χ0v) is 13.9. The van der Waals surface area contributed by atoms with Crippen molar-refractivity contribution in [2.45, 2.75) is 63.8 Å². The molecule has 2 aliphatic rings. The van der Waals surface area contributed by atoms with Crippen LogP contribution in [0.3, 0.4) is 0 Å². The molecule has 0 aliphatic heterocycles. The van der Waals surface area contributed by atoms with E-state index in [0.717, 1.165) is 37.5 Å². The third kappa shape index (κ3) is 3.95. The van der Waals surface area contributed by atoms with Crippen LogP contribution in [0.2, 0.25) is 0 Å². The van der Waals surface area contributed by atoms with Gasteiger partial charge >= 0.3 is 5.97 Å². The van der Waals surface area contributed by atoms with E-state index in [1.54, 1.807) is 0 Å². The van der Waals surface area contributed by atoms with Crippen LogP contribution in [0.1, 0.15) is 68.4 Å². The molecule has 2 fully saturated rings. The van der Waals surface area contributed by atoms with E-state index in [0.29, 0.717) is 12.5 Å². The van der Waals surface area contributed by atoms with E-state index in [2.05, 4.69) is 24.3 Å². The third-order valence-corrected chi connectivity index (χ3v) is 6.25. The first-order valence-electron chi connectivity index (χ1n) is 9.19. The molecule has 1 aromatic carbocycles. The molecule has 23 heavy (non-hydrogen) atoms. The summed E-state index contributed by atoms with van der Waals surface area (Å²) in [7, 11) is 0. The highest BCUT2D eigenvalue weighted by atomic mass is 16.4. The minimum Gasteiger partial charge on any atom is -0.481 e. The Morgan fingerprint density at radius 1 is 0.913 bits per heavy atom. The Balaban J connectivity index is 1.49. The maximum Gasteiger partial charge on any atom is 0.306 e. The van der Waals surface area contributed by atoms with Crippen molar-refractivity contribution >= 4 is 5.97 Å². The summed E-state index contributed by atoms with van der Waals surface area (Å²) < 4.78 is 0. The van der Waals surface area contributed by atoms with Crippen LogP contribution in [0.4, 0.5) is 0 Å². The maximum atomic E-state index is 11.1. The normalized spacial score (nSPS) is 31.7. The van der Waals surface area contributed by atoms with Crippen molar-refractivity contribution in [2.24, 2.45) is 23.5 Å². The molecule has 0 amide bonds. The van der Waals surface area contributed by atoms with E-state index in [1.807, 2.05) is 0 Å². The first-order valence-corrected chi connectivity index (χ1v) is 9.19. The van der Waals surface area contributed by atoms with E-state index < -0.39 is 5.97 Å². The monoisotopic (exact) mass is 315 g/mol. The van der Waals surface area contributed by atoms with Crippen LogP contribution in [0.15, 0.2) is 24.3 Å². The fourth-order valence-corrected chi connectivity index (χ4v) is 4.69. The smallest absolute Gasteiger partial charge is 0.306 e. The Labute approximate surface area is 139 Å². The zero-order valence-electron chi connectivity index (χ0n) is 13.9. The van der Waals surface area contributed by atoms with Crippen molar-refractivity contribution in [3.05, 3.63) is 35.4 Å². The van der Waals surface area contributed by atoms with Crippen molar-refractivity contribution in [3.63, 3.8) is 0 Å². The lowest BCUT2D eigenvalue weighted by molar-refractivity contribution is -0.143. The van der Waals surface area contributed by atoms with E-state index in [9.17, 15) is 4.79 Å². The molecule has 0 radical (unpaired) electrons. The van der Waals surface area contributed by atoms with Gasteiger partial charge in [-0.2, -0.15) is 0 Å². The second kappa shape index (κ2) is 7.48. The summed E-state index contributed by atoms with van der Waals surface area (Å²) in [5, 5.41) is 9.13. The van der Waals surface area contributed by atoms with Crippen molar-refractivity contribution in [2.75, 3.05) is 0 Å². The highest BCUT2D eigenvalue weighted by molar-refractivity contribution is 5.69. The number of benzene rings is 1. The standard InChI is InChI=1S/C20H29NO2/c21-13-14-1-3-15(4-2-14)16-5-7-17(8-6-16)18-9-11-19(12-10-18)20(22)23/h1-4,16-19H,5-13,21H2,(H,22,23). The molecular formula is C20H29NO2. The molecule has 0 aromatic heterocycles. The molecule has 3 heteroatoms. The quantitative estimate of drug-likeness (QED) is 0.870. The van der Waals surface area contributed by atoms with Crippen molar-refractivity contribution in [1.82, 2.24) is 0 Å². The fourth-order valence-electron chi connectivity index (χ4n) is 4.69. The highest BCUT2D eigenvalue weighted by Crippen LogP contribution is 2.43. The van der Waals surface area contributed by atoms with Crippen molar-refractivity contribution < 1.29 is 9.90 Å². The number of rotatable bonds is 4. The Bertz CT molecular complexity index is 509. The van der Waals surface area contributed by atoms with Crippen LogP contribution in [-0.2, 0) is 11.3 Å². The summed E-state index contributed by atoms with van der Waals surface area (Å²) in [6.45, 7) is 0.617. The van der Waals surface area contributed by atoms with Gasteiger partial charge in [0.1, 0.15) is 0 Å². The van der Waals surface area contributed by atoms with Gasteiger partial charge in [-0.15, -0.1) is 0 Å². The molecule has 3 rings (SSSR count). The zero-order chi connectivity index (χ0) is 16.2. The van der Waals surface area contributed by atoms with Crippen LogP contribution < -0.4 is 5.73 Å². The Kier molecular flexibility index (Phi) is 5.37. The Morgan fingerprint density at radius 3 is 1.91 bits per heavy atom. The van der Waals surface area contributed by atoms with Gasteiger partial charge in [0.05, 0.1) is 5.92 Å². The van der Waals surface area contributed by atoms with Crippen LogP contribution in [-0.4, -0.2) is 11.1 Å². The van der Waals surface area contributed by atoms with Crippen molar-refractivity contribution in [3.8, 4) is 0 Å². The third-order valence-electron chi connectivity index (χ3n) is 6.25. The Hall–Kier alpha value is -1.35. The summed E-state index contributed by atoms with van der Waals surface area (Å²) in [5.41, 5.74) is 8.34. The number of aliphatic carboxylic acids is 1. The highest BCUT2D eigenvalue weighted by Gasteiger charge is 2.33. The Morgan fingerprint density at radius 2 is 1.43 bits per heavy atom. The lowest BCUT2D eigenvalue weighted by atomic mass is 9.68. The molecule has 0 unspecified atom stereocenters. The van der Waals surface area contributed by atoms with E-state index >= 15 is 0 Å². The second-order valence-corrected chi connectivity index (χ2v) is 7.51. The van der Waals surface area contributed by atoms with Gasteiger partial charge in [-0.3, -0.25) is 4.79 Å². The van der Waals surface area contributed by atoms with Crippen LogP contribution in [0.5, 0.6) is 0 Å². The topological polar surface area (TPSA) is 63.3 Å². The van der Waals surface area contributed by atoms with E-state index in [1.165, 1.54) is 36.8 Å². The van der Waals surface area contributed by atoms with Gasteiger partial charge in [-0.05, 0) is 80.2 Å². The lowest BCUT2D eigenvalue weighted by Crippen LogP contribution is -2.27. The van der Waals surface area contributed by atoms with E-state index in [-0.39, 0.29) is 5.92 Å². The van der Waals surface area contributed by atoms with E-state index in [4.69, 9.17) is 10.8 Å². The summed E-state index contributed by atoms with van der Waals surface area (Å²) in [6, 6.07) is 8.83. The largest absolute Gasteiger partial charge is 0.481 e. The molecule has 126 valence electrons. The predicted molar refractivity (Wildman–Crippen MR) is 92.1 cm³/mol. The van der Waals surface area contributed by atoms with Crippen LogP contribution in [0.25, 0.3) is 0 Å². The summed E-state index contributed by atoms with van der Waals surface area (Å²) in [5.74, 6) is 1.63. The molecule has 0 atom stereocenters. The summed E-state index contributed by atoms with van der Waals surface area (Å²) >= 11 is 0. The molecule has 2 aliphatic carbocycles. The van der Waals surface area contributed by atoms with Crippen LogP contribution >= 0.6 is 0 Å². The van der Waals surface area contributed by atoms with Gasteiger partial charge in [0.15, 0.2) is 0 Å². The van der Waals surface area contributed by atoms with Gasteiger partial charge < -0.3 is 10.8 Å². The number of hydrogen-bond acceptors (Lipinski definition) is 2. The minimum absolute atomic E-state index is 0.0800. The van der Waals surface area contributed by atoms with Gasteiger partial charge in [0.2, 0.25) is 0 Å². The SMILES string of the molecule is NCc1ccc(C2CCC(C3CCC(C(=O)O)CC3)CC2)cc1. The lowest BCUT2D eigenvalue weighted by Gasteiger charge is -2.37. The average Bonchev–Trinajstić information content (AvgIpc) is 2.62. The number of nitrogens with two attached hydrogens (primary N) is 1. The molecule has 0 saturated heterocycles. The number of carbonyl (C=O) groups is 1. The molecule has 1 aromatic rings. The number of hydrogen-bond donors (Lipinski definition) is 2. The summed E-state index contributed by atoms with van der Waals surface area (Å²) in [4.78, 5) is 11.1. The average molecular weight is 315 g/mol. The van der Waals surface area contributed by atoms with Gasteiger partial charge in [0.25, 0.3) is 0 Å². The maximum absolute atomic E-state index is 11.1. The van der Waals surface area contributed by atoms with Gasteiger partial charge in [-0.25, -0.2) is 0 Å². The molecule has 3 N–H and O–H groups in total. The molecular weight excluding hydrogens is 286 g/mol. The second-order valence-electron chi connectivity index (χ2n) is 7.51. The number of carboxylic acids is 1. The minimum atomic E-state index is -0.590. The predicted octanol–water partition coefficient (Wildman–Crippen LogP) is 4.31. The first-order chi connectivity index (χ1) is 11.2. The van der Waals surface area contributed by atoms with Gasteiger partial charge in [0, 0.05) is 6.54 Å². The van der Waals surface area contributed by atoms with Crippen LogP contribution in [0, 0.1) is 17.8 Å². The van der Waals surface area contributed by atoms with Gasteiger partial charge in [-0.1, -0.05) is 24.3 Å². The molecule has 0 spiro atoms. The molecule has 0 heterocycles. The molecule has 2 saturated carbocycles.